The Bertz CT molecular complexity index is 848. The van der Waals surface area contributed by atoms with Crippen LogP contribution in [0.15, 0.2) is 28.1 Å². The fraction of sp³-hybridized carbons (Fsp3) is 0.500. The van der Waals surface area contributed by atoms with Crippen LogP contribution in [-0.2, 0) is 9.53 Å². The van der Waals surface area contributed by atoms with Crippen LogP contribution < -0.4 is 0 Å². The number of carbonyl (C=O) groups is 1. The first-order chi connectivity index (χ1) is 11.9. The van der Waals surface area contributed by atoms with Crippen LogP contribution in [-0.4, -0.2) is 44.4 Å². The topological polar surface area (TPSA) is 87.6 Å². The number of aryl methyl sites for hydroxylation is 1. The Morgan fingerprint density at radius 1 is 1.52 bits per heavy atom. The van der Waals surface area contributed by atoms with Gasteiger partial charge in [-0.15, -0.1) is 11.8 Å². The van der Waals surface area contributed by atoms with Crippen LogP contribution in [0, 0.1) is 6.92 Å². The number of carbonyl (C=O) groups excluding carboxylic acids is 1. The number of thioether (sulfide) groups is 1. The van der Waals surface area contributed by atoms with Gasteiger partial charge in [-0.2, -0.15) is 5.10 Å². The molecule has 7 heteroatoms. The van der Waals surface area contributed by atoms with E-state index in [1.165, 1.54) is 11.8 Å². The van der Waals surface area contributed by atoms with Crippen molar-refractivity contribution in [3.63, 3.8) is 0 Å². The van der Waals surface area contributed by atoms with Crippen molar-refractivity contribution in [2.75, 3.05) is 6.61 Å². The zero-order valence-corrected chi connectivity index (χ0v) is 15.4. The first-order valence-electron chi connectivity index (χ1n) is 8.57. The molecule has 0 bridgehead atoms. The van der Waals surface area contributed by atoms with Crippen molar-refractivity contribution in [1.82, 2.24) is 10.2 Å². The van der Waals surface area contributed by atoms with E-state index >= 15 is 0 Å². The van der Waals surface area contributed by atoms with Crippen LogP contribution in [0.1, 0.15) is 44.4 Å². The molecular weight excluding hydrogens is 338 g/mol. The number of aliphatic imine (C=N–C) groups is 1. The predicted molar refractivity (Wildman–Crippen MR) is 97.2 cm³/mol. The Labute approximate surface area is 150 Å². The zero-order chi connectivity index (χ0) is 17.8. The molecule has 25 heavy (non-hydrogen) atoms. The summed E-state index contributed by atoms with van der Waals surface area (Å²) in [5, 5.41) is 17.5. The van der Waals surface area contributed by atoms with Gasteiger partial charge in [0.25, 0.3) is 5.91 Å². The largest absolute Gasteiger partial charge is 0.492 e. The normalized spacial score (nSPS) is 25.4. The first-order valence-corrected chi connectivity index (χ1v) is 9.45. The molecule has 0 aliphatic carbocycles. The van der Waals surface area contributed by atoms with E-state index in [0.717, 1.165) is 45.9 Å². The highest BCUT2D eigenvalue weighted by Crippen LogP contribution is 2.52. The summed E-state index contributed by atoms with van der Waals surface area (Å²) < 4.78 is 6.07. The number of amides is 1. The minimum Gasteiger partial charge on any atom is -0.492 e. The molecule has 4 heterocycles. The fourth-order valence-corrected chi connectivity index (χ4v) is 4.87. The Morgan fingerprint density at radius 2 is 2.32 bits per heavy atom. The van der Waals surface area contributed by atoms with Crippen molar-refractivity contribution in [3.8, 4) is 0 Å². The average Bonchev–Trinajstić information content (AvgIpc) is 3.09. The Hall–Kier alpha value is -1.86. The molecule has 2 atom stereocenters. The second-order valence-corrected chi connectivity index (χ2v) is 7.95. The molecule has 3 aliphatic rings. The van der Waals surface area contributed by atoms with Gasteiger partial charge in [-0.3, -0.25) is 9.89 Å². The second-order valence-electron chi connectivity index (χ2n) is 6.84. The summed E-state index contributed by atoms with van der Waals surface area (Å²) in [4.78, 5) is 18.0. The minimum absolute atomic E-state index is 0.216. The van der Waals surface area contributed by atoms with Crippen molar-refractivity contribution in [3.05, 3.63) is 34.4 Å². The third-order valence-electron chi connectivity index (χ3n) is 5.10. The summed E-state index contributed by atoms with van der Waals surface area (Å²) in [5.74, 6) is 0.547. The number of nitrogens with zero attached hydrogens (tertiary/aromatic N) is 2. The summed E-state index contributed by atoms with van der Waals surface area (Å²) in [6.07, 6.45) is 3.87. The lowest BCUT2D eigenvalue weighted by atomic mass is 9.83. The molecule has 0 fully saturated rings. The van der Waals surface area contributed by atoms with E-state index in [1.54, 1.807) is 13.1 Å². The number of hydrogen-bond acceptors (Lipinski definition) is 5. The van der Waals surface area contributed by atoms with Gasteiger partial charge in [-0.25, -0.2) is 4.99 Å². The number of hydrogen-bond donors (Lipinski definition) is 2. The SMILES string of the molecule is CC[C@](C)(O)C1=NC(=O)C2SC(c3cn[nH]c3C)=C3OCCCC1=C32. The van der Waals surface area contributed by atoms with Gasteiger partial charge in [0.05, 0.1) is 23.4 Å². The summed E-state index contributed by atoms with van der Waals surface area (Å²) in [7, 11) is 0. The number of H-pyrrole nitrogens is 1. The number of dihydropyridines is 1. The first kappa shape index (κ1) is 16.6. The number of ether oxygens (including phenoxy) is 1. The second kappa shape index (κ2) is 5.85. The number of aromatic nitrogens is 2. The van der Waals surface area contributed by atoms with E-state index in [4.69, 9.17) is 4.74 Å². The fourth-order valence-electron chi connectivity index (χ4n) is 3.50. The smallest absolute Gasteiger partial charge is 0.264 e. The van der Waals surface area contributed by atoms with Gasteiger partial charge in [-0.1, -0.05) is 6.92 Å². The highest BCUT2D eigenvalue weighted by atomic mass is 32.2. The maximum Gasteiger partial charge on any atom is 0.264 e. The van der Waals surface area contributed by atoms with Gasteiger partial charge < -0.3 is 9.84 Å². The molecule has 2 N–H and O–H groups in total. The van der Waals surface area contributed by atoms with Crippen LogP contribution in [0.3, 0.4) is 0 Å². The van der Waals surface area contributed by atoms with Crippen molar-refractivity contribution < 1.29 is 14.6 Å². The number of nitrogens with one attached hydrogen (secondary N) is 1. The monoisotopic (exact) mass is 359 g/mol. The molecule has 1 aromatic rings. The number of allylic oxidation sites excluding steroid dienone is 1. The molecule has 1 unspecified atom stereocenters. The summed E-state index contributed by atoms with van der Waals surface area (Å²) in [6, 6.07) is 0. The molecule has 0 saturated heterocycles. The van der Waals surface area contributed by atoms with Gasteiger partial charge in [0, 0.05) is 16.8 Å². The van der Waals surface area contributed by atoms with Crippen LogP contribution >= 0.6 is 11.8 Å². The van der Waals surface area contributed by atoms with Crippen molar-refractivity contribution in [2.24, 2.45) is 4.99 Å². The number of aliphatic hydroxyl groups is 1. The van der Waals surface area contributed by atoms with Gasteiger partial charge in [0.1, 0.15) is 16.6 Å². The lowest BCUT2D eigenvalue weighted by Crippen LogP contribution is -2.40. The van der Waals surface area contributed by atoms with Crippen molar-refractivity contribution in [1.29, 1.82) is 0 Å². The lowest BCUT2D eigenvalue weighted by molar-refractivity contribution is -0.116. The third-order valence-corrected chi connectivity index (χ3v) is 6.41. The van der Waals surface area contributed by atoms with Crippen LogP contribution in [0.2, 0.25) is 0 Å². The number of aromatic amines is 1. The molecular formula is C18H21N3O3S. The quantitative estimate of drug-likeness (QED) is 0.866. The van der Waals surface area contributed by atoms with E-state index in [-0.39, 0.29) is 11.2 Å². The van der Waals surface area contributed by atoms with Crippen LogP contribution in [0.4, 0.5) is 0 Å². The Morgan fingerprint density at radius 3 is 3.00 bits per heavy atom. The Kier molecular flexibility index (Phi) is 3.88. The van der Waals surface area contributed by atoms with E-state index in [0.29, 0.717) is 18.7 Å². The molecule has 0 spiro atoms. The van der Waals surface area contributed by atoms with Gasteiger partial charge in [0.15, 0.2) is 0 Å². The molecule has 1 amide bonds. The maximum absolute atomic E-state index is 12.7. The molecule has 1 aromatic heterocycles. The van der Waals surface area contributed by atoms with Gasteiger partial charge >= 0.3 is 0 Å². The number of rotatable bonds is 3. The highest BCUT2D eigenvalue weighted by Gasteiger charge is 2.46. The zero-order valence-electron chi connectivity index (χ0n) is 14.5. The Balaban J connectivity index is 1.93. The van der Waals surface area contributed by atoms with Crippen molar-refractivity contribution >= 4 is 28.3 Å². The predicted octanol–water partition coefficient (Wildman–Crippen LogP) is 2.75. The standard InChI is InChI=1S/C18H21N3O3S/c1-4-18(3,23)16-10-6-5-7-24-13-12(10)15(17(22)20-16)25-14(13)11-8-19-21-9(11)2/h8,15,23H,4-7H2,1-3H3,(H,19,21)/t15?,18-/m0/s1. The van der Waals surface area contributed by atoms with E-state index in [9.17, 15) is 9.90 Å². The molecule has 4 rings (SSSR count). The van der Waals surface area contributed by atoms with E-state index in [2.05, 4.69) is 15.2 Å². The maximum atomic E-state index is 12.7. The average molecular weight is 359 g/mol. The third kappa shape index (κ3) is 2.48. The molecule has 3 aliphatic heterocycles. The van der Waals surface area contributed by atoms with E-state index < -0.39 is 5.60 Å². The summed E-state index contributed by atoms with van der Waals surface area (Å²) in [6.45, 7) is 6.17. The van der Waals surface area contributed by atoms with Crippen LogP contribution in [0.5, 0.6) is 0 Å². The van der Waals surface area contributed by atoms with Crippen molar-refractivity contribution in [2.45, 2.75) is 50.9 Å². The molecule has 6 nitrogen and oxygen atoms in total. The van der Waals surface area contributed by atoms with Gasteiger partial charge in [0.2, 0.25) is 0 Å². The lowest BCUT2D eigenvalue weighted by Gasteiger charge is -2.30. The molecule has 132 valence electrons. The van der Waals surface area contributed by atoms with E-state index in [1.807, 2.05) is 13.8 Å². The summed E-state index contributed by atoms with van der Waals surface area (Å²) in [5.41, 5.74) is 3.18. The molecule has 0 saturated carbocycles. The molecule has 0 radical (unpaired) electrons. The van der Waals surface area contributed by atoms with Crippen LogP contribution in [0.25, 0.3) is 4.91 Å². The van der Waals surface area contributed by atoms with Gasteiger partial charge in [-0.05, 0) is 38.7 Å². The minimum atomic E-state index is -1.11. The highest BCUT2D eigenvalue weighted by molar-refractivity contribution is 8.10. The molecule has 0 aromatic carbocycles. The summed E-state index contributed by atoms with van der Waals surface area (Å²) >= 11 is 1.48.